The third-order valence-corrected chi connectivity index (χ3v) is 1.74. The van der Waals surface area contributed by atoms with Gasteiger partial charge in [0, 0.05) is 31.2 Å². The topological polar surface area (TPSA) is 63.6 Å². The molecule has 0 aliphatic heterocycles. The highest BCUT2D eigenvalue weighted by Gasteiger charge is 2.00. The molecule has 0 unspecified atom stereocenters. The van der Waals surface area contributed by atoms with Gasteiger partial charge in [-0.1, -0.05) is 0 Å². The van der Waals surface area contributed by atoms with E-state index >= 15 is 0 Å². The summed E-state index contributed by atoms with van der Waals surface area (Å²) in [5.41, 5.74) is 1.69. The molecule has 2 rings (SSSR count). The van der Waals surface area contributed by atoms with Gasteiger partial charge in [0.25, 0.3) is 0 Å². The van der Waals surface area contributed by atoms with Gasteiger partial charge in [0.05, 0.1) is 5.69 Å². The quantitative estimate of drug-likeness (QED) is 0.759. The van der Waals surface area contributed by atoms with Gasteiger partial charge in [0.15, 0.2) is 0 Å². The summed E-state index contributed by atoms with van der Waals surface area (Å²) < 4.78 is 0. The van der Waals surface area contributed by atoms with E-state index in [1.54, 1.807) is 25.6 Å². The summed E-state index contributed by atoms with van der Waals surface area (Å²) in [6.45, 7) is 0. The van der Waals surface area contributed by atoms with Gasteiger partial charge < -0.3 is 5.32 Å². The zero-order valence-corrected chi connectivity index (χ0v) is 7.68. The second-order valence-electron chi connectivity index (χ2n) is 2.64. The lowest BCUT2D eigenvalue weighted by molar-refractivity contribution is 1.13. The van der Waals surface area contributed by atoms with Crippen LogP contribution in [0.3, 0.4) is 0 Å². The van der Waals surface area contributed by atoms with Crippen molar-refractivity contribution in [2.24, 2.45) is 0 Å². The first kappa shape index (κ1) is 8.55. The molecule has 0 aliphatic carbocycles. The first-order valence-electron chi connectivity index (χ1n) is 4.16. The fraction of sp³-hybridized carbons (Fsp3) is 0.111. The Morgan fingerprint density at radius 3 is 2.71 bits per heavy atom. The van der Waals surface area contributed by atoms with E-state index in [-0.39, 0.29) is 0 Å². The lowest BCUT2D eigenvalue weighted by Gasteiger charge is -2.01. The van der Waals surface area contributed by atoms with E-state index in [1.165, 1.54) is 6.33 Å². The normalized spacial score (nSPS) is 9.79. The van der Waals surface area contributed by atoms with Crippen LogP contribution in [0.25, 0.3) is 11.3 Å². The van der Waals surface area contributed by atoms with Crippen LogP contribution in [0.4, 0.5) is 5.95 Å². The molecule has 70 valence electrons. The largest absolute Gasteiger partial charge is 0.357 e. The van der Waals surface area contributed by atoms with Gasteiger partial charge in [-0.25, -0.2) is 19.9 Å². The van der Waals surface area contributed by atoms with E-state index < -0.39 is 0 Å². The zero-order chi connectivity index (χ0) is 9.80. The van der Waals surface area contributed by atoms with E-state index in [4.69, 9.17) is 0 Å². The zero-order valence-electron chi connectivity index (χ0n) is 7.68. The van der Waals surface area contributed by atoms with Gasteiger partial charge in [-0.3, -0.25) is 0 Å². The van der Waals surface area contributed by atoms with E-state index in [0.29, 0.717) is 5.95 Å². The van der Waals surface area contributed by atoms with Crippen molar-refractivity contribution in [1.82, 2.24) is 19.9 Å². The molecule has 0 saturated heterocycles. The molecular weight excluding hydrogens is 178 g/mol. The predicted octanol–water partition coefficient (Wildman–Crippen LogP) is 0.975. The minimum atomic E-state index is 0.589. The van der Waals surface area contributed by atoms with Crippen LogP contribution in [-0.2, 0) is 0 Å². The van der Waals surface area contributed by atoms with Crippen LogP contribution in [0.1, 0.15) is 0 Å². The molecule has 5 nitrogen and oxygen atoms in total. The molecule has 0 radical (unpaired) electrons. The fourth-order valence-electron chi connectivity index (χ4n) is 1.07. The van der Waals surface area contributed by atoms with Gasteiger partial charge in [0.2, 0.25) is 5.95 Å². The Morgan fingerprint density at radius 1 is 1.21 bits per heavy atom. The molecule has 1 N–H and O–H groups in total. The first-order chi connectivity index (χ1) is 6.90. The van der Waals surface area contributed by atoms with Crippen LogP contribution in [-0.4, -0.2) is 27.0 Å². The molecule has 2 heterocycles. The predicted molar refractivity (Wildman–Crippen MR) is 52.6 cm³/mol. The van der Waals surface area contributed by atoms with Gasteiger partial charge in [0.1, 0.15) is 6.33 Å². The SMILES string of the molecule is CNc1nccc(-c2cncnc2)n1. The summed E-state index contributed by atoms with van der Waals surface area (Å²) in [5, 5.41) is 2.87. The maximum atomic E-state index is 4.26. The van der Waals surface area contributed by atoms with Crippen LogP contribution >= 0.6 is 0 Å². The smallest absolute Gasteiger partial charge is 0.222 e. The summed E-state index contributed by atoms with van der Waals surface area (Å²) in [4.78, 5) is 16.1. The molecule has 0 amide bonds. The number of aromatic nitrogens is 4. The van der Waals surface area contributed by atoms with Gasteiger partial charge in [-0.15, -0.1) is 0 Å². The number of nitrogens with zero attached hydrogens (tertiary/aromatic N) is 4. The van der Waals surface area contributed by atoms with Crippen LogP contribution in [0.2, 0.25) is 0 Å². The summed E-state index contributed by atoms with van der Waals surface area (Å²) in [6.07, 6.45) is 6.62. The number of hydrogen-bond acceptors (Lipinski definition) is 5. The second kappa shape index (κ2) is 3.78. The molecule has 0 aliphatic rings. The van der Waals surface area contributed by atoms with Crippen molar-refractivity contribution >= 4 is 5.95 Å². The lowest BCUT2D eigenvalue weighted by Crippen LogP contribution is -1.96. The minimum Gasteiger partial charge on any atom is -0.357 e. The van der Waals surface area contributed by atoms with E-state index in [9.17, 15) is 0 Å². The van der Waals surface area contributed by atoms with Crippen molar-refractivity contribution in [2.75, 3.05) is 12.4 Å². The molecule has 2 aromatic rings. The van der Waals surface area contributed by atoms with Crippen molar-refractivity contribution < 1.29 is 0 Å². The van der Waals surface area contributed by atoms with Gasteiger partial charge >= 0.3 is 0 Å². The van der Waals surface area contributed by atoms with Gasteiger partial charge in [-0.05, 0) is 6.07 Å². The van der Waals surface area contributed by atoms with Crippen LogP contribution < -0.4 is 5.32 Å². The Morgan fingerprint density at radius 2 is 2.00 bits per heavy atom. The Bertz CT molecular complexity index is 415. The average molecular weight is 187 g/mol. The molecule has 0 spiro atoms. The molecule has 0 fully saturated rings. The van der Waals surface area contributed by atoms with Crippen LogP contribution in [0.5, 0.6) is 0 Å². The Kier molecular flexibility index (Phi) is 2.31. The molecule has 0 saturated carbocycles. The lowest BCUT2D eigenvalue weighted by atomic mass is 10.2. The molecule has 5 heteroatoms. The minimum absolute atomic E-state index is 0.589. The average Bonchev–Trinajstić information content (AvgIpc) is 2.30. The molecule has 0 bridgehead atoms. The van der Waals surface area contributed by atoms with Crippen molar-refractivity contribution in [3.05, 3.63) is 31.0 Å². The third kappa shape index (κ3) is 1.66. The maximum Gasteiger partial charge on any atom is 0.222 e. The molecule has 14 heavy (non-hydrogen) atoms. The second-order valence-corrected chi connectivity index (χ2v) is 2.64. The van der Waals surface area contributed by atoms with Crippen molar-refractivity contribution in [2.45, 2.75) is 0 Å². The van der Waals surface area contributed by atoms with E-state index in [2.05, 4.69) is 25.3 Å². The van der Waals surface area contributed by atoms with E-state index in [1.807, 2.05) is 6.07 Å². The monoisotopic (exact) mass is 187 g/mol. The van der Waals surface area contributed by atoms with Crippen molar-refractivity contribution in [3.8, 4) is 11.3 Å². The molecular formula is C9H9N5. The highest BCUT2D eigenvalue weighted by Crippen LogP contribution is 2.14. The van der Waals surface area contributed by atoms with Crippen LogP contribution in [0, 0.1) is 0 Å². The van der Waals surface area contributed by atoms with Crippen molar-refractivity contribution in [1.29, 1.82) is 0 Å². The molecule has 0 aromatic carbocycles. The number of nitrogens with one attached hydrogen (secondary N) is 1. The number of hydrogen-bond donors (Lipinski definition) is 1. The molecule has 2 aromatic heterocycles. The van der Waals surface area contributed by atoms with E-state index in [0.717, 1.165) is 11.3 Å². The third-order valence-electron chi connectivity index (χ3n) is 1.74. The molecule has 0 atom stereocenters. The number of rotatable bonds is 2. The Labute approximate surface area is 81.3 Å². The number of anilines is 1. The summed E-state index contributed by atoms with van der Waals surface area (Å²) in [5.74, 6) is 0.589. The maximum absolute atomic E-state index is 4.26. The highest BCUT2D eigenvalue weighted by molar-refractivity contribution is 5.57. The summed E-state index contributed by atoms with van der Waals surface area (Å²) in [6, 6.07) is 1.82. The summed E-state index contributed by atoms with van der Waals surface area (Å²) >= 11 is 0. The summed E-state index contributed by atoms with van der Waals surface area (Å²) in [7, 11) is 1.78. The highest BCUT2D eigenvalue weighted by atomic mass is 15.1. The Hall–Kier alpha value is -2.04. The fourth-order valence-corrected chi connectivity index (χ4v) is 1.07. The van der Waals surface area contributed by atoms with Crippen molar-refractivity contribution in [3.63, 3.8) is 0 Å². The Balaban J connectivity index is 2.42. The van der Waals surface area contributed by atoms with Gasteiger partial charge in [-0.2, -0.15) is 0 Å². The van der Waals surface area contributed by atoms with Crippen LogP contribution in [0.15, 0.2) is 31.0 Å². The standard InChI is InChI=1S/C9H9N5/c1-10-9-13-3-2-8(14-9)7-4-11-6-12-5-7/h2-6H,1H3,(H,10,13,14). The first-order valence-corrected chi connectivity index (χ1v) is 4.16.